The Morgan fingerprint density at radius 1 is 1.10 bits per heavy atom. The van der Waals surface area contributed by atoms with E-state index in [1.54, 1.807) is 6.20 Å². The number of benzene rings is 1. The Balaban J connectivity index is 1.18. The summed E-state index contributed by atoms with van der Waals surface area (Å²) in [5.74, 6) is -1.87. The normalized spacial score (nSPS) is 22.6. The molecule has 2 atom stereocenters. The number of hydrogen-bond donors (Lipinski definition) is 2. The third-order valence-corrected chi connectivity index (χ3v) is 8.23. The summed E-state index contributed by atoms with van der Waals surface area (Å²) >= 11 is 0. The van der Waals surface area contributed by atoms with Gasteiger partial charge in [-0.3, -0.25) is 14.6 Å². The highest BCUT2D eigenvalue weighted by atomic mass is 19.1. The average molecular weight is 536 g/mol. The molecule has 1 aliphatic heterocycles. The second-order valence-electron chi connectivity index (χ2n) is 11.0. The van der Waals surface area contributed by atoms with Crippen LogP contribution in [0.4, 0.5) is 8.78 Å². The van der Waals surface area contributed by atoms with Gasteiger partial charge < -0.3 is 20.1 Å². The predicted octanol–water partition coefficient (Wildman–Crippen LogP) is 4.04. The number of carbonyl (C=O) groups excluding carboxylic acids is 2. The van der Waals surface area contributed by atoms with E-state index in [9.17, 15) is 18.4 Å². The first-order valence-corrected chi connectivity index (χ1v) is 13.6. The van der Waals surface area contributed by atoms with E-state index in [-0.39, 0.29) is 22.9 Å². The van der Waals surface area contributed by atoms with Crippen LogP contribution in [-0.4, -0.2) is 52.5 Å². The monoisotopic (exact) mass is 535 g/mol. The van der Waals surface area contributed by atoms with Gasteiger partial charge in [-0.05, 0) is 68.7 Å². The summed E-state index contributed by atoms with van der Waals surface area (Å²) in [5, 5.41) is 10.1. The van der Waals surface area contributed by atoms with Crippen LogP contribution in [0.2, 0.25) is 0 Å². The fourth-order valence-corrected chi connectivity index (χ4v) is 5.68. The van der Waals surface area contributed by atoms with Crippen molar-refractivity contribution in [3.63, 3.8) is 0 Å². The van der Waals surface area contributed by atoms with Crippen molar-refractivity contribution in [2.45, 2.75) is 50.1 Å². The molecule has 2 aliphatic carbocycles. The van der Waals surface area contributed by atoms with Crippen LogP contribution < -0.4 is 10.6 Å². The second kappa shape index (κ2) is 10.5. The van der Waals surface area contributed by atoms with Gasteiger partial charge >= 0.3 is 0 Å². The van der Waals surface area contributed by atoms with Gasteiger partial charge in [0.15, 0.2) is 11.5 Å². The first kappa shape index (κ1) is 25.6. The van der Waals surface area contributed by atoms with Crippen LogP contribution in [0.5, 0.6) is 0 Å². The molecule has 3 heterocycles. The SMILES string of the molecule is O=C(N[C@H]1CCN(CC2CC2)C[C@@H]1C(=O)NC1(c2ccccn2)CCC1)c1cc(-c2ccc(F)cc2F)on1. The molecular weight excluding hydrogens is 504 g/mol. The summed E-state index contributed by atoms with van der Waals surface area (Å²) in [5.41, 5.74) is 0.358. The molecule has 0 spiro atoms. The Hall–Kier alpha value is -3.66. The highest BCUT2D eigenvalue weighted by Gasteiger charge is 2.45. The number of piperidine rings is 1. The lowest BCUT2D eigenvalue weighted by Gasteiger charge is -2.45. The van der Waals surface area contributed by atoms with E-state index in [1.807, 2.05) is 18.2 Å². The molecule has 1 aromatic carbocycles. The Bertz CT molecular complexity index is 1360. The Kier molecular flexibility index (Phi) is 6.88. The molecule has 6 rings (SSSR count). The lowest BCUT2D eigenvalue weighted by atomic mass is 9.73. The minimum absolute atomic E-state index is 0.00825. The van der Waals surface area contributed by atoms with Gasteiger partial charge in [0.1, 0.15) is 11.6 Å². The Labute approximate surface area is 225 Å². The summed E-state index contributed by atoms with van der Waals surface area (Å²) in [6, 6.07) is 9.75. The van der Waals surface area contributed by atoms with E-state index in [0.717, 1.165) is 50.2 Å². The number of pyridine rings is 1. The van der Waals surface area contributed by atoms with E-state index in [2.05, 4.69) is 25.7 Å². The molecule has 2 N–H and O–H groups in total. The number of amides is 2. The Morgan fingerprint density at radius 2 is 1.95 bits per heavy atom. The lowest BCUT2D eigenvalue weighted by Crippen LogP contribution is -2.60. The second-order valence-corrected chi connectivity index (χ2v) is 11.0. The largest absolute Gasteiger partial charge is 0.355 e. The van der Waals surface area contributed by atoms with Crippen LogP contribution in [0.15, 0.2) is 53.2 Å². The maximum atomic E-state index is 14.2. The maximum Gasteiger partial charge on any atom is 0.273 e. The first-order valence-electron chi connectivity index (χ1n) is 13.6. The van der Waals surface area contributed by atoms with Gasteiger partial charge in [0.2, 0.25) is 5.91 Å². The molecule has 3 fully saturated rings. The molecule has 8 nitrogen and oxygen atoms in total. The highest BCUT2D eigenvalue weighted by Crippen LogP contribution is 2.41. The van der Waals surface area contributed by atoms with Crippen molar-refractivity contribution >= 4 is 11.8 Å². The molecule has 10 heteroatoms. The number of likely N-dealkylation sites (tertiary alicyclic amines) is 1. The molecule has 2 saturated carbocycles. The number of carbonyl (C=O) groups is 2. The van der Waals surface area contributed by atoms with Crippen molar-refractivity contribution in [3.8, 4) is 11.3 Å². The summed E-state index contributed by atoms with van der Waals surface area (Å²) < 4.78 is 32.7. The number of aromatic nitrogens is 2. The third kappa shape index (κ3) is 5.43. The van der Waals surface area contributed by atoms with Gasteiger partial charge in [0.25, 0.3) is 5.91 Å². The smallest absolute Gasteiger partial charge is 0.273 e. The van der Waals surface area contributed by atoms with Crippen LogP contribution in [-0.2, 0) is 10.3 Å². The maximum absolute atomic E-state index is 14.2. The van der Waals surface area contributed by atoms with E-state index in [0.29, 0.717) is 18.9 Å². The van der Waals surface area contributed by atoms with Gasteiger partial charge in [-0.25, -0.2) is 8.78 Å². The number of rotatable bonds is 8. The van der Waals surface area contributed by atoms with Crippen LogP contribution >= 0.6 is 0 Å². The standard InChI is InChI=1S/C29H31F2N5O3/c30-19-7-8-20(22(31)14-19)25-15-24(35-39-25)28(38)33-23-9-13-36(16-18-5-6-18)17-21(23)27(37)34-29(10-3-11-29)26-4-1-2-12-32-26/h1-2,4,7-8,12,14-15,18,21,23H,3,5-6,9-11,13,16-17H2,(H,33,38)(H,34,37)/t21-,23-/m0/s1. The zero-order valence-electron chi connectivity index (χ0n) is 21.5. The molecule has 2 amide bonds. The molecule has 0 unspecified atom stereocenters. The molecule has 3 aromatic rings. The predicted molar refractivity (Wildman–Crippen MR) is 138 cm³/mol. The van der Waals surface area contributed by atoms with Gasteiger partial charge in [-0.1, -0.05) is 11.2 Å². The zero-order chi connectivity index (χ0) is 27.0. The number of halogens is 2. The van der Waals surface area contributed by atoms with E-state index in [4.69, 9.17) is 4.52 Å². The van der Waals surface area contributed by atoms with Crippen molar-refractivity contribution in [3.05, 3.63) is 71.7 Å². The first-order chi connectivity index (χ1) is 18.9. The topological polar surface area (TPSA) is 100 Å². The number of nitrogens with one attached hydrogen (secondary N) is 2. The number of hydrogen-bond acceptors (Lipinski definition) is 6. The molecule has 3 aliphatic rings. The minimum atomic E-state index is -0.810. The van der Waals surface area contributed by atoms with Crippen LogP contribution in [0.25, 0.3) is 11.3 Å². The fourth-order valence-electron chi connectivity index (χ4n) is 5.68. The van der Waals surface area contributed by atoms with Crippen molar-refractivity contribution in [2.24, 2.45) is 11.8 Å². The lowest BCUT2D eigenvalue weighted by molar-refractivity contribution is -0.131. The summed E-state index contributed by atoms with van der Waals surface area (Å²) in [4.78, 5) is 33.8. The average Bonchev–Trinajstić information content (AvgIpc) is 3.59. The van der Waals surface area contributed by atoms with E-state index in [1.165, 1.54) is 25.0 Å². The highest BCUT2D eigenvalue weighted by molar-refractivity contribution is 5.94. The molecule has 204 valence electrons. The van der Waals surface area contributed by atoms with Crippen LogP contribution in [0.3, 0.4) is 0 Å². The molecular formula is C29H31F2N5O3. The summed E-state index contributed by atoms with van der Waals surface area (Å²) in [6.07, 6.45) is 7.47. The van der Waals surface area contributed by atoms with Gasteiger partial charge in [0, 0.05) is 44.0 Å². The van der Waals surface area contributed by atoms with Gasteiger partial charge in [-0.2, -0.15) is 0 Å². The molecule has 39 heavy (non-hydrogen) atoms. The third-order valence-electron chi connectivity index (χ3n) is 8.23. The minimum Gasteiger partial charge on any atom is -0.355 e. The molecule has 2 aromatic heterocycles. The zero-order valence-corrected chi connectivity index (χ0v) is 21.5. The van der Waals surface area contributed by atoms with Crippen LogP contribution in [0, 0.1) is 23.5 Å². The fraction of sp³-hybridized carbons (Fsp3) is 0.448. The molecule has 0 bridgehead atoms. The van der Waals surface area contributed by atoms with Gasteiger partial charge in [0.05, 0.1) is 22.7 Å². The quantitative estimate of drug-likeness (QED) is 0.452. The van der Waals surface area contributed by atoms with Crippen molar-refractivity contribution < 1.29 is 22.9 Å². The van der Waals surface area contributed by atoms with Crippen LogP contribution in [0.1, 0.15) is 54.7 Å². The van der Waals surface area contributed by atoms with Gasteiger partial charge in [-0.15, -0.1) is 0 Å². The molecule has 0 radical (unpaired) electrons. The van der Waals surface area contributed by atoms with Crippen molar-refractivity contribution in [1.29, 1.82) is 0 Å². The Morgan fingerprint density at radius 3 is 2.64 bits per heavy atom. The van der Waals surface area contributed by atoms with E-state index < -0.39 is 35.0 Å². The van der Waals surface area contributed by atoms with Crippen molar-refractivity contribution in [2.75, 3.05) is 19.6 Å². The summed E-state index contributed by atoms with van der Waals surface area (Å²) in [7, 11) is 0. The number of nitrogens with zero attached hydrogens (tertiary/aromatic N) is 3. The molecule has 1 saturated heterocycles. The van der Waals surface area contributed by atoms with Crippen molar-refractivity contribution in [1.82, 2.24) is 25.7 Å². The van der Waals surface area contributed by atoms with E-state index >= 15 is 0 Å². The summed E-state index contributed by atoms with van der Waals surface area (Å²) in [6.45, 7) is 2.30.